The SMILES string of the molecule is O=C1c2cccc3c(-c4ccc(-c5ccccn5)cc4)ccc(c23)C(=O)N1c1ccc2ccccc2c1. The first-order valence-corrected chi connectivity index (χ1v) is 12.1. The molecule has 0 atom stereocenters. The fourth-order valence-electron chi connectivity index (χ4n) is 5.25. The van der Waals surface area contributed by atoms with E-state index in [0.717, 1.165) is 38.5 Å². The maximum atomic E-state index is 13.7. The number of hydrogen-bond donors (Lipinski definition) is 0. The van der Waals surface area contributed by atoms with E-state index < -0.39 is 0 Å². The molecule has 37 heavy (non-hydrogen) atoms. The molecular weight excluding hydrogens is 456 g/mol. The molecular formula is C33H20N2O2. The Morgan fingerprint density at radius 2 is 1.24 bits per heavy atom. The van der Waals surface area contributed by atoms with Gasteiger partial charge in [0.15, 0.2) is 0 Å². The minimum atomic E-state index is -0.305. The van der Waals surface area contributed by atoms with Gasteiger partial charge in [-0.25, -0.2) is 4.90 Å². The molecule has 0 spiro atoms. The zero-order valence-corrected chi connectivity index (χ0v) is 19.8. The van der Waals surface area contributed by atoms with E-state index in [9.17, 15) is 9.59 Å². The van der Waals surface area contributed by atoms with E-state index in [2.05, 4.69) is 17.1 Å². The van der Waals surface area contributed by atoms with Crippen LogP contribution in [0.5, 0.6) is 0 Å². The van der Waals surface area contributed by atoms with Crippen molar-refractivity contribution >= 4 is 39.0 Å². The summed E-state index contributed by atoms with van der Waals surface area (Å²) in [6.07, 6.45) is 1.78. The molecule has 1 aliphatic heterocycles. The van der Waals surface area contributed by atoms with E-state index in [-0.39, 0.29) is 11.8 Å². The van der Waals surface area contributed by atoms with Crippen LogP contribution in [-0.2, 0) is 0 Å². The zero-order chi connectivity index (χ0) is 24.9. The number of aromatic nitrogens is 1. The highest BCUT2D eigenvalue weighted by atomic mass is 16.2. The quantitative estimate of drug-likeness (QED) is 0.248. The van der Waals surface area contributed by atoms with Crippen molar-refractivity contribution in [1.29, 1.82) is 0 Å². The molecule has 0 saturated heterocycles. The van der Waals surface area contributed by atoms with Crippen LogP contribution in [-0.4, -0.2) is 16.8 Å². The van der Waals surface area contributed by atoms with Crippen molar-refractivity contribution in [2.24, 2.45) is 0 Å². The zero-order valence-electron chi connectivity index (χ0n) is 19.8. The lowest BCUT2D eigenvalue weighted by Gasteiger charge is -2.28. The van der Waals surface area contributed by atoms with Gasteiger partial charge >= 0.3 is 0 Å². The van der Waals surface area contributed by atoms with Crippen LogP contribution < -0.4 is 4.90 Å². The van der Waals surface area contributed by atoms with Crippen LogP contribution in [0, 0.1) is 0 Å². The summed E-state index contributed by atoms with van der Waals surface area (Å²) in [5.41, 5.74) is 5.58. The largest absolute Gasteiger partial charge is 0.268 e. The highest BCUT2D eigenvalue weighted by Crippen LogP contribution is 2.38. The number of amides is 2. The summed E-state index contributed by atoms with van der Waals surface area (Å²) < 4.78 is 0. The van der Waals surface area contributed by atoms with Gasteiger partial charge in [0.1, 0.15) is 0 Å². The smallest absolute Gasteiger partial charge is 0.265 e. The number of imide groups is 1. The van der Waals surface area contributed by atoms with Crippen molar-refractivity contribution < 1.29 is 9.59 Å². The van der Waals surface area contributed by atoms with E-state index in [1.165, 1.54) is 4.90 Å². The summed E-state index contributed by atoms with van der Waals surface area (Å²) >= 11 is 0. The van der Waals surface area contributed by atoms with Crippen LogP contribution in [0.2, 0.25) is 0 Å². The molecule has 174 valence electrons. The first kappa shape index (κ1) is 21.2. The van der Waals surface area contributed by atoms with Crippen LogP contribution in [0.15, 0.2) is 121 Å². The highest BCUT2D eigenvalue weighted by Gasteiger charge is 2.34. The predicted molar refractivity (Wildman–Crippen MR) is 148 cm³/mol. The Morgan fingerprint density at radius 3 is 2.03 bits per heavy atom. The molecule has 2 amide bonds. The molecule has 0 fully saturated rings. The molecule has 0 aliphatic carbocycles. The lowest BCUT2D eigenvalue weighted by Crippen LogP contribution is -2.40. The van der Waals surface area contributed by atoms with Gasteiger partial charge in [0, 0.05) is 28.3 Å². The van der Waals surface area contributed by atoms with E-state index in [4.69, 9.17) is 0 Å². The van der Waals surface area contributed by atoms with Crippen molar-refractivity contribution in [3.63, 3.8) is 0 Å². The second-order valence-electron chi connectivity index (χ2n) is 9.16. The summed E-state index contributed by atoms with van der Waals surface area (Å²) in [4.78, 5) is 33.1. The minimum Gasteiger partial charge on any atom is -0.268 e. The Labute approximate surface area is 213 Å². The molecule has 7 rings (SSSR count). The van der Waals surface area contributed by atoms with E-state index in [1.807, 2.05) is 103 Å². The lowest BCUT2D eigenvalue weighted by molar-refractivity contribution is 0.0893. The molecule has 0 radical (unpaired) electrons. The summed E-state index contributed by atoms with van der Waals surface area (Å²) in [6, 6.07) is 37.2. The first-order chi connectivity index (χ1) is 18.2. The average molecular weight is 477 g/mol. The molecule has 0 bridgehead atoms. The van der Waals surface area contributed by atoms with Gasteiger partial charge in [0.05, 0.1) is 11.4 Å². The summed E-state index contributed by atoms with van der Waals surface area (Å²) in [5, 5.41) is 3.64. The summed E-state index contributed by atoms with van der Waals surface area (Å²) in [6.45, 7) is 0. The Bertz CT molecular complexity index is 1840. The van der Waals surface area contributed by atoms with Crippen LogP contribution >= 0.6 is 0 Å². The molecule has 6 aromatic rings. The van der Waals surface area contributed by atoms with Crippen molar-refractivity contribution in [1.82, 2.24) is 4.98 Å². The average Bonchev–Trinajstić information content (AvgIpc) is 2.96. The highest BCUT2D eigenvalue weighted by molar-refractivity contribution is 6.36. The van der Waals surface area contributed by atoms with E-state index >= 15 is 0 Å². The summed E-state index contributed by atoms with van der Waals surface area (Å²) in [7, 11) is 0. The number of pyridine rings is 1. The molecule has 5 aromatic carbocycles. The number of carbonyl (C=O) groups excluding carboxylic acids is 2. The van der Waals surface area contributed by atoms with Crippen LogP contribution in [0.3, 0.4) is 0 Å². The molecule has 1 aromatic heterocycles. The third kappa shape index (κ3) is 3.34. The number of rotatable bonds is 3. The monoisotopic (exact) mass is 476 g/mol. The fraction of sp³-hybridized carbons (Fsp3) is 0. The van der Waals surface area contributed by atoms with Crippen molar-refractivity contribution in [3.8, 4) is 22.4 Å². The topological polar surface area (TPSA) is 50.3 Å². The normalized spacial score (nSPS) is 12.9. The molecule has 4 heteroatoms. The van der Waals surface area contributed by atoms with Gasteiger partial charge in [0.25, 0.3) is 11.8 Å². The molecule has 0 unspecified atom stereocenters. The molecule has 0 saturated carbocycles. The van der Waals surface area contributed by atoms with Gasteiger partial charge in [-0.05, 0) is 63.7 Å². The third-order valence-electron chi connectivity index (χ3n) is 7.06. The van der Waals surface area contributed by atoms with Crippen molar-refractivity contribution in [3.05, 3.63) is 133 Å². The van der Waals surface area contributed by atoms with Crippen molar-refractivity contribution in [2.75, 3.05) is 4.90 Å². The van der Waals surface area contributed by atoms with Gasteiger partial charge in [-0.1, -0.05) is 78.9 Å². The molecule has 0 N–H and O–H groups in total. The number of hydrogen-bond acceptors (Lipinski definition) is 3. The van der Waals surface area contributed by atoms with Crippen LogP contribution in [0.1, 0.15) is 20.7 Å². The number of benzene rings is 5. The Balaban J connectivity index is 1.34. The first-order valence-electron chi connectivity index (χ1n) is 12.1. The molecule has 1 aliphatic rings. The number of nitrogens with zero attached hydrogens (tertiary/aromatic N) is 2. The van der Waals surface area contributed by atoms with Gasteiger partial charge < -0.3 is 0 Å². The molecule has 2 heterocycles. The maximum absolute atomic E-state index is 13.7. The molecule has 4 nitrogen and oxygen atoms in total. The standard InChI is InChI=1S/C33H20N2O2/c36-32-28-9-5-8-27-26(22-11-13-23(14-12-22)30-10-3-4-19-34-30)17-18-29(31(27)28)33(37)35(32)25-16-15-21-6-1-2-7-24(21)20-25/h1-20H. The third-order valence-corrected chi connectivity index (χ3v) is 7.06. The maximum Gasteiger partial charge on any atom is 0.265 e. The van der Waals surface area contributed by atoms with Gasteiger partial charge in [-0.2, -0.15) is 0 Å². The second kappa shape index (κ2) is 8.25. The number of anilines is 1. The summed E-state index contributed by atoms with van der Waals surface area (Å²) in [5.74, 6) is -0.609. The van der Waals surface area contributed by atoms with Crippen LogP contribution in [0.4, 0.5) is 5.69 Å². The lowest BCUT2D eigenvalue weighted by atomic mass is 9.88. The predicted octanol–water partition coefficient (Wildman–Crippen LogP) is 7.52. The van der Waals surface area contributed by atoms with Gasteiger partial charge in [-0.15, -0.1) is 0 Å². The van der Waals surface area contributed by atoms with Crippen LogP contribution in [0.25, 0.3) is 43.9 Å². The Hall–Kier alpha value is -5.09. The van der Waals surface area contributed by atoms with Gasteiger partial charge in [0.2, 0.25) is 0 Å². The van der Waals surface area contributed by atoms with E-state index in [1.54, 1.807) is 6.20 Å². The number of fused-ring (bicyclic) bond motifs is 1. The Morgan fingerprint density at radius 1 is 0.541 bits per heavy atom. The number of carbonyl (C=O) groups is 2. The van der Waals surface area contributed by atoms with E-state index in [0.29, 0.717) is 22.2 Å². The minimum absolute atomic E-state index is 0.305. The fourth-order valence-corrected chi connectivity index (χ4v) is 5.25. The van der Waals surface area contributed by atoms with Gasteiger partial charge in [-0.3, -0.25) is 14.6 Å². The van der Waals surface area contributed by atoms with Crippen molar-refractivity contribution in [2.45, 2.75) is 0 Å². The Kier molecular flexibility index (Phi) is 4.73. The second-order valence-corrected chi connectivity index (χ2v) is 9.16.